The van der Waals surface area contributed by atoms with Crippen LogP contribution in [0.3, 0.4) is 0 Å². The van der Waals surface area contributed by atoms with Crippen molar-refractivity contribution in [3.05, 3.63) is 23.8 Å². The van der Waals surface area contributed by atoms with E-state index in [9.17, 15) is 4.79 Å². The van der Waals surface area contributed by atoms with Crippen molar-refractivity contribution in [2.45, 2.75) is 57.2 Å². The average Bonchev–Trinajstić information content (AvgIpc) is 2.91. The number of amides is 1. The molecule has 1 heterocycles. The molecule has 0 radical (unpaired) electrons. The lowest BCUT2D eigenvalue weighted by Gasteiger charge is -2.07. The molecule has 0 saturated heterocycles. The summed E-state index contributed by atoms with van der Waals surface area (Å²) in [5.41, 5.74) is 2.30. The molecule has 1 aromatic carbocycles. The van der Waals surface area contributed by atoms with E-state index in [0.29, 0.717) is 5.13 Å². The number of rotatable bonds is 8. The first-order valence-corrected chi connectivity index (χ1v) is 9.71. The third-order valence-corrected chi connectivity index (χ3v) is 5.40. The smallest absolute Gasteiger partial charge is 0.239 e. The molecule has 22 heavy (non-hydrogen) atoms. The number of unbranched alkanes of at least 4 members (excludes halogenated alkanes) is 2. The Kier molecular flexibility index (Phi) is 6.83. The fourth-order valence-electron chi connectivity index (χ4n) is 2.26. The lowest BCUT2D eigenvalue weighted by Crippen LogP contribution is -2.22. The Bertz CT molecular complexity index is 626. The van der Waals surface area contributed by atoms with Crippen LogP contribution in [-0.2, 0) is 11.2 Å². The van der Waals surface area contributed by atoms with Gasteiger partial charge >= 0.3 is 0 Å². The molecule has 2 aromatic rings. The molecule has 0 bridgehead atoms. The Labute approximate surface area is 144 Å². The van der Waals surface area contributed by atoms with Gasteiger partial charge in [-0.2, -0.15) is 0 Å². The molecule has 0 saturated carbocycles. The van der Waals surface area contributed by atoms with Crippen molar-refractivity contribution in [2.24, 2.45) is 0 Å². The van der Waals surface area contributed by atoms with E-state index < -0.39 is 0 Å². The topological polar surface area (TPSA) is 42.0 Å². The predicted molar refractivity (Wildman–Crippen MR) is 99.1 cm³/mol. The van der Waals surface area contributed by atoms with Gasteiger partial charge in [-0.25, -0.2) is 4.98 Å². The van der Waals surface area contributed by atoms with Crippen molar-refractivity contribution in [3.8, 4) is 0 Å². The Balaban J connectivity index is 2.04. The van der Waals surface area contributed by atoms with Crippen LogP contribution in [-0.4, -0.2) is 15.7 Å². The van der Waals surface area contributed by atoms with E-state index in [1.807, 2.05) is 0 Å². The second kappa shape index (κ2) is 8.63. The van der Waals surface area contributed by atoms with E-state index in [-0.39, 0.29) is 10.7 Å². The molecular formula is C17H23BrN2OS. The van der Waals surface area contributed by atoms with Crippen LogP contribution in [0.25, 0.3) is 10.2 Å². The number of alkyl halides is 1. The number of hydrogen-bond acceptors (Lipinski definition) is 3. The Morgan fingerprint density at radius 2 is 2.09 bits per heavy atom. The fourth-order valence-corrected chi connectivity index (χ4v) is 3.63. The van der Waals surface area contributed by atoms with E-state index in [4.69, 9.17) is 0 Å². The van der Waals surface area contributed by atoms with E-state index in [1.54, 1.807) is 11.3 Å². The van der Waals surface area contributed by atoms with E-state index in [1.165, 1.54) is 18.4 Å². The van der Waals surface area contributed by atoms with Crippen LogP contribution >= 0.6 is 27.3 Å². The SMILES string of the molecule is CCCCc1ccc2nc(NC(=O)[C@H](Br)CCCC)sc2c1. The highest BCUT2D eigenvalue weighted by atomic mass is 79.9. The Morgan fingerprint density at radius 3 is 2.82 bits per heavy atom. The second-order valence-corrected chi connectivity index (χ2v) is 7.66. The molecule has 120 valence electrons. The van der Waals surface area contributed by atoms with Gasteiger partial charge in [-0.3, -0.25) is 4.79 Å². The second-order valence-electron chi connectivity index (χ2n) is 5.52. The normalized spacial score (nSPS) is 12.5. The van der Waals surface area contributed by atoms with Crippen molar-refractivity contribution >= 4 is 48.5 Å². The minimum atomic E-state index is -0.139. The van der Waals surface area contributed by atoms with Crippen molar-refractivity contribution < 1.29 is 4.79 Å². The van der Waals surface area contributed by atoms with Crippen LogP contribution in [0.1, 0.15) is 51.5 Å². The number of carbonyl (C=O) groups is 1. The molecule has 1 N–H and O–H groups in total. The van der Waals surface area contributed by atoms with Crippen molar-refractivity contribution in [1.29, 1.82) is 0 Å². The molecule has 1 aromatic heterocycles. The lowest BCUT2D eigenvalue weighted by molar-refractivity contribution is -0.115. The molecule has 1 atom stereocenters. The van der Waals surface area contributed by atoms with Gasteiger partial charge in [0.25, 0.3) is 0 Å². The minimum Gasteiger partial charge on any atom is -0.301 e. The quantitative estimate of drug-likeness (QED) is 0.609. The van der Waals surface area contributed by atoms with Gasteiger partial charge in [0, 0.05) is 0 Å². The first-order valence-electron chi connectivity index (χ1n) is 7.98. The molecule has 0 aliphatic rings. The zero-order chi connectivity index (χ0) is 15.9. The van der Waals surface area contributed by atoms with E-state index in [2.05, 4.69) is 58.3 Å². The summed E-state index contributed by atoms with van der Waals surface area (Å²) < 4.78 is 1.14. The third-order valence-electron chi connectivity index (χ3n) is 3.60. The Morgan fingerprint density at radius 1 is 1.32 bits per heavy atom. The first kappa shape index (κ1) is 17.4. The molecule has 5 heteroatoms. The molecule has 3 nitrogen and oxygen atoms in total. The number of hydrogen-bond donors (Lipinski definition) is 1. The summed E-state index contributed by atoms with van der Waals surface area (Å²) in [4.78, 5) is 16.5. The number of thiazole rings is 1. The van der Waals surface area contributed by atoms with Gasteiger partial charge in [-0.1, -0.05) is 66.4 Å². The molecule has 0 spiro atoms. The van der Waals surface area contributed by atoms with Crippen molar-refractivity contribution in [2.75, 3.05) is 5.32 Å². The largest absolute Gasteiger partial charge is 0.301 e. The van der Waals surface area contributed by atoms with Gasteiger partial charge < -0.3 is 5.32 Å². The Hall–Kier alpha value is -0.940. The standard InChI is InChI=1S/C17H23BrN2OS/c1-3-5-7-12-9-10-14-15(11-12)22-17(19-14)20-16(21)13(18)8-6-4-2/h9-11,13H,3-8H2,1-2H3,(H,19,20,21)/t13-/m1/s1. The van der Waals surface area contributed by atoms with E-state index in [0.717, 1.165) is 35.9 Å². The summed E-state index contributed by atoms with van der Waals surface area (Å²) in [6, 6.07) is 6.38. The average molecular weight is 383 g/mol. The number of carbonyl (C=O) groups excluding carboxylic acids is 1. The van der Waals surface area contributed by atoms with Crippen LogP contribution in [0.15, 0.2) is 18.2 Å². The van der Waals surface area contributed by atoms with Crippen LogP contribution in [0.2, 0.25) is 0 Å². The van der Waals surface area contributed by atoms with Crippen LogP contribution in [0, 0.1) is 0 Å². The maximum Gasteiger partial charge on any atom is 0.239 e. The number of nitrogens with one attached hydrogen (secondary N) is 1. The first-order chi connectivity index (χ1) is 10.6. The molecule has 0 fully saturated rings. The number of halogens is 1. The number of aryl methyl sites for hydroxylation is 1. The zero-order valence-electron chi connectivity index (χ0n) is 13.2. The van der Waals surface area contributed by atoms with Gasteiger partial charge in [0.2, 0.25) is 5.91 Å². The molecule has 0 unspecified atom stereocenters. The molecular weight excluding hydrogens is 360 g/mol. The summed E-state index contributed by atoms with van der Waals surface area (Å²) in [6.45, 7) is 4.33. The predicted octanol–water partition coefficient (Wildman–Crippen LogP) is 5.53. The number of fused-ring (bicyclic) bond motifs is 1. The summed E-state index contributed by atoms with van der Waals surface area (Å²) in [7, 11) is 0. The lowest BCUT2D eigenvalue weighted by atomic mass is 10.1. The number of anilines is 1. The summed E-state index contributed by atoms with van der Waals surface area (Å²) in [5.74, 6) is -0.00119. The minimum absolute atomic E-state index is 0.00119. The van der Waals surface area contributed by atoms with E-state index >= 15 is 0 Å². The molecule has 2 rings (SSSR count). The summed E-state index contributed by atoms with van der Waals surface area (Å²) >= 11 is 5.00. The van der Waals surface area contributed by atoms with Crippen LogP contribution in [0.4, 0.5) is 5.13 Å². The molecule has 0 aliphatic carbocycles. The number of nitrogens with zero attached hydrogens (tertiary/aromatic N) is 1. The van der Waals surface area contributed by atoms with Crippen molar-refractivity contribution in [3.63, 3.8) is 0 Å². The molecule has 1 amide bonds. The highest BCUT2D eigenvalue weighted by molar-refractivity contribution is 9.10. The van der Waals surface area contributed by atoms with Gasteiger partial charge in [0.1, 0.15) is 0 Å². The van der Waals surface area contributed by atoms with Gasteiger partial charge in [-0.15, -0.1) is 0 Å². The summed E-state index contributed by atoms with van der Waals surface area (Å²) in [6.07, 6.45) is 6.50. The van der Waals surface area contributed by atoms with Crippen molar-refractivity contribution in [1.82, 2.24) is 4.98 Å². The summed E-state index contributed by atoms with van der Waals surface area (Å²) in [5, 5.41) is 3.61. The monoisotopic (exact) mass is 382 g/mol. The highest BCUT2D eigenvalue weighted by Crippen LogP contribution is 2.28. The number of aromatic nitrogens is 1. The van der Waals surface area contributed by atoms with Gasteiger partial charge in [0.05, 0.1) is 15.0 Å². The highest BCUT2D eigenvalue weighted by Gasteiger charge is 2.16. The number of benzene rings is 1. The van der Waals surface area contributed by atoms with Gasteiger partial charge in [-0.05, 0) is 37.0 Å². The maximum atomic E-state index is 12.1. The zero-order valence-corrected chi connectivity index (χ0v) is 15.6. The molecule has 0 aliphatic heterocycles. The van der Waals surface area contributed by atoms with Crippen LogP contribution < -0.4 is 5.32 Å². The fraction of sp³-hybridized carbons (Fsp3) is 0.529. The maximum absolute atomic E-state index is 12.1. The van der Waals surface area contributed by atoms with Gasteiger partial charge in [0.15, 0.2) is 5.13 Å². The third kappa shape index (κ3) is 4.78. The van der Waals surface area contributed by atoms with Crippen LogP contribution in [0.5, 0.6) is 0 Å².